The van der Waals surface area contributed by atoms with Crippen LogP contribution >= 0.6 is 11.8 Å². The zero-order valence-electron chi connectivity index (χ0n) is 8.97. The fourth-order valence-electron chi connectivity index (χ4n) is 0.955. The van der Waals surface area contributed by atoms with Crippen LogP contribution in [0, 0.1) is 5.92 Å². The molecule has 0 saturated heterocycles. The van der Waals surface area contributed by atoms with E-state index in [-0.39, 0.29) is 0 Å². The van der Waals surface area contributed by atoms with Crippen molar-refractivity contribution in [2.75, 3.05) is 31.6 Å². The summed E-state index contributed by atoms with van der Waals surface area (Å²) in [5, 5.41) is 0. The van der Waals surface area contributed by atoms with Gasteiger partial charge in [-0.1, -0.05) is 20.8 Å². The summed E-state index contributed by atoms with van der Waals surface area (Å²) >= 11 is 2.03. The highest BCUT2D eigenvalue weighted by molar-refractivity contribution is 7.99. The van der Waals surface area contributed by atoms with Gasteiger partial charge in [0.2, 0.25) is 0 Å². The predicted octanol–water partition coefficient (Wildman–Crippen LogP) is 2.72. The van der Waals surface area contributed by atoms with Crippen LogP contribution < -0.4 is 0 Å². The van der Waals surface area contributed by atoms with E-state index in [9.17, 15) is 0 Å². The molecule has 0 aromatic rings. The summed E-state index contributed by atoms with van der Waals surface area (Å²) in [6.45, 7) is 9.29. The van der Waals surface area contributed by atoms with Crippen molar-refractivity contribution < 1.29 is 0 Å². The van der Waals surface area contributed by atoms with Crippen molar-refractivity contribution in [3.05, 3.63) is 0 Å². The van der Waals surface area contributed by atoms with Gasteiger partial charge in [-0.15, -0.1) is 0 Å². The maximum atomic E-state index is 2.43. The molecule has 1 nitrogen and oxygen atoms in total. The van der Waals surface area contributed by atoms with E-state index in [1.807, 2.05) is 11.8 Å². The zero-order valence-corrected chi connectivity index (χ0v) is 9.78. The van der Waals surface area contributed by atoms with E-state index in [0.29, 0.717) is 0 Å². The van der Waals surface area contributed by atoms with Crippen molar-refractivity contribution >= 4 is 11.8 Å². The van der Waals surface area contributed by atoms with Gasteiger partial charge in [-0.3, -0.25) is 0 Å². The lowest BCUT2D eigenvalue weighted by Crippen LogP contribution is -2.23. The second-order valence-corrected chi connectivity index (χ2v) is 5.08. The van der Waals surface area contributed by atoms with Gasteiger partial charge in [0, 0.05) is 12.3 Å². The standard InChI is InChI=1S/C10H23NS/c1-5-12-9-8-11(4)7-6-10(2)3/h10H,5-9H2,1-4H3. The molecule has 0 atom stereocenters. The molecule has 0 amide bonds. The van der Waals surface area contributed by atoms with Crippen LogP contribution in [0.15, 0.2) is 0 Å². The third-order valence-electron chi connectivity index (χ3n) is 1.91. The minimum Gasteiger partial charge on any atom is -0.306 e. The summed E-state index contributed by atoms with van der Waals surface area (Å²) in [7, 11) is 2.22. The normalized spacial score (nSPS) is 11.5. The van der Waals surface area contributed by atoms with Crippen LogP contribution in [0.1, 0.15) is 27.2 Å². The molecule has 12 heavy (non-hydrogen) atoms. The molecule has 0 bridgehead atoms. The van der Waals surface area contributed by atoms with Crippen LogP contribution in [0.4, 0.5) is 0 Å². The minimum atomic E-state index is 0.839. The van der Waals surface area contributed by atoms with E-state index in [2.05, 4.69) is 32.7 Å². The van der Waals surface area contributed by atoms with E-state index in [0.717, 1.165) is 5.92 Å². The molecule has 0 rings (SSSR count). The zero-order chi connectivity index (χ0) is 9.40. The fourth-order valence-corrected chi connectivity index (χ4v) is 1.68. The summed E-state index contributed by atoms with van der Waals surface area (Å²) in [5.74, 6) is 3.37. The van der Waals surface area contributed by atoms with Gasteiger partial charge in [0.15, 0.2) is 0 Å². The van der Waals surface area contributed by atoms with Gasteiger partial charge in [-0.05, 0) is 31.7 Å². The van der Waals surface area contributed by atoms with Crippen LogP contribution in [-0.2, 0) is 0 Å². The van der Waals surface area contributed by atoms with Crippen LogP contribution in [-0.4, -0.2) is 36.5 Å². The third-order valence-corrected chi connectivity index (χ3v) is 2.79. The van der Waals surface area contributed by atoms with E-state index in [1.54, 1.807) is 0 Å². The van der Waals surface area contributed by atoms with Crippen molar-refractivity contribution in [3.63, 3.8) is 0 Å². The lowest BCUT2D eigenvalue weighted by atomic mass is 10.1. The highest BCUT2D eigenvalue weighted by Crippen LogP contribution is 2.02. The van der Waals surface area contributed by atoms with Gasteiger partial charge >= 0.3 is 0 Å². The number of hydrogen-bond acceptors (Lipinski definition) is 2. The maximum Gasteiger partial charge on any atom is 0.00693 e. The summed E-state index contributed by atoms with van der Waals surface area (Å²) in [6.07, 6.45) is 1.33. The molecule has 0 aliphatic heterocycles. The first-order valence-electron chi connectivity index (χ1n) is 4.93. The van der Waals surface area contributed by atoms with Crippen LogP contribution in [0.25, 0.3) is 0 Å². The quantitative estimate of drug-likeness (QED) is 0.567. The Bertz CT molecular complexity index is 93.8. The van der Waals surface area contributed by atoms with Gasteiger partial charge in [0.05, 0.1) is 0 Å². The van der Waals surface area contributed by atoms with Gasteiger partial charge in [-0.2, -0.15) is 11.8 Å². The Morgan fingerprint density at radius 1 is 1.25 bits per heavy atom. The van der Waals surface area contributed by atoms with Crippen molar-refractivity contribution in [2.24, 2.45) is 5.92 Å². The summed E-state index contributed by atoms with van der Waals surface area (Å²) in [6, 6.07) is 0. The van der Waals surface area contributed by atoms with Gasteiger partial charge in [-0.25, -0.2) is 0 Å². The molecular weight excluding hydrogens is 166 g/mol. The first kappa shape index (κ1) is 12.3. The SMILES string of the molecule is CCSCCN(C)CCC(C)C. The van der Waals surface area contributed by atoms with Crippen molar-refractivity contribution in [1.29, 1.82) is 0 Å². The van der Waals surface area contributed by atoms with Crippen LogP contribution in [0.2, 0.25) is 0 Å². The minimum absolute atomic E-state index is 0.839. The molecule has 0 aromatic heterocycles. The molecule has 0 N–H and O–H groups in total. The van der Waals surface area contributed by atoms with Crippen LogP contribution in [0.5, 0.6) is 0 Å². The topological polar surface area (TPSA) is 3.24 Å². The monoisotopic (exact) mass is 189 g/mol. The molecule has 0 heterocycles. The first-order chi connectivity index (χ1) is 5.66. The Kier molecular flexibility index (Phi) is 8.14. The maximum absolute atomic E-state index is 2.43. The van der Waals surface area contributed by atoms with E-state index >= 15 is 0 Å². The summed E-state index contributed by atoms with van der Waals surface area (Å²) < 4.78 is 0. The predicted molar refractivity (Wildman–Crippen MR) is 60.0 cm³/mol. The third kappa shape index (κ3) is 8.41. The molecule has 0 fully saturated rings. The molecule has 2 heteroatoms. The van der Waals surface area contributed by atoms with E-state index < -0.39 is 0 Å². The fraction of sp³-hybridized carbons (Fsp3) is 1.00. The molecule has 74 valence electrons. The highest BCUT2D eigenvalue weighted by atomic mass is 32.2. The average molecular weight is 189 g/mol. The van der Waals surface area contributed by atoms with Crippen molar-refractivity contribution in [3.8, 4) is 0 Å². The summed E-state index contributed by atoms with van der Waals surface area (Å²) in [5.41, 5.74) is 0. The Morgan fingerprint density at radius 3 is 2.42 bits per heavy atom. The number of hydrogen-bond donors (Lipinski definition) is 0. The first-order valence-corrected chi connectivity index (χ1v) is 6.08. The Morgan fingerprint density at radius 2 is 1.92 bits per heavy atom. The largest absolute Gasteiger partial charge is 0.306 e. The van der Waals surface area contributed by atoms with Crippen molar-refractivity contribution in [2.45, 2.75) is 27.2 Å². The number of thioether (sulfide) groups is 1. The Labute approximate surface area is 81.9 Å². The Hall–Kier alpha value is 0.310. The van der Waals surface area contributed by atoms with Gasteiger partial charge in [0.25, 0.3) is 0 Å². The molecule has 0 aromatic carbocycles. The molecule has 0 saturated carbocycles. The van der Waals surface area contributed by atoms with Gasteiger partial charge < -0.3 is 4.90 Å². The van der Waals surface area contributed by atoms with E-state index in [1.165, 1.54) is 31.0 Å². The Balaban J connectivity index is 3.15. The molecule has 0 spiro atoms. The second kappa shape index (κ2) is 7.93. The lowest BCUT2D eigenvalue weighted by Gasteiger charge is -2.17. The summed E-state index contributed by atoms with van der Waals surface area (Å²) in [4.78, 5) is 2.43. The van der Waals surface area contributed by atoms with Crippen molar-refractivity contribution in [1.82, 2.24) is 4.90 Å². The smallest absolute Gasteiger partial charge is 0.00693 e. The van der Waals surface area contributed by atoms with E-state index in [4.69, 9.17) is 0 Å². The van der Waals surface area contributed by atoms with Crippen LogP contribution in [0.3, 0.4) is 0 Å². The molecular formula is C10H23NS. The lowest BCUT2D eigenvalue weighted by molar-refractivity contribution is 0.328. The number of nitrogens with zero attached hydrogens (tertiary/aromatic N) is 1. The number of rotatable bonds is 7. The molecule has 0 aliphatic carbocycles. The molecule has 0 aliphatic rings. The second-order valence-electron chi connectivity index (χ2n) is 3.68. The van der Waals surface area contributed by atoms with Gasteiger partial charge in [0.1, 0.15) is 0 Å². The molecule has 0 unspecified atom stereocenters. The molecule has 0 radical (unpaired) electrons. The average Bonchev–Trinajstić information content (AvgIpc) is 2.01. The highest BCUT2D eigenvalue weighted by Gasteiger charge is 1.99.